The van der Waals surface area contributed by atoms with Gasteiger partial charge in [0.05, 0.1) is 12.6 Å². The molecule has 0 aliphatic carbocycles. The number of amides is 2. The minimum Gasteiger partial charge on any atom is -0.385 e. The second kappa shape index (κ2) is 5.82. The zero-order valence-corrected chi connectivity index (χ0v) is 9.28. The normalized spacial score (nSPS) is 22.3. The predicted octanol–water partition coefficient (Wildman–Crippen LogP) is -0.240. The van der Waals surface area contributed by atoms with Crippen molar-refractivity contribution in [3.8, 4) is 0 Å². The number of rotatable bonds is 5. The number of carbonyl (C=O) groups is 2. The summed E-state index contributed by atoms with van der Waals surface area (Å²) in [6.45, 7) is 3.21. The highest BCUT2D eigenvalue weighted by Crippen LogP contribution is 2.04. The van der Waals surface area contributed by atoms with E-state index in [-0.39, 0.29) is 24.4 Å². The molecule has 0 spiro atoms. The quantitative estimate of drug-likeness (QED) is 0.507. The highest BCUT2D eigenvalue weighted by molar-refractivity contribution is 6.00. The van der Waals surface area contributed by atoms with Gasteiger partial charge in [-0.1, -0.05) is 0 Å². The van der Waals surface area contributed by atoms with Crippen LogP contribution in [0.3, 0.4) is 0 Å². The maximum Gasteiger partial charge on any atom is 0.246 e. The molecule has 5 nitrogen and oxygen atoms in total. The smallest absolute Gasteiger partial charge is 0.246 e. The van der Waals surface area contributed by atoms with Gasteiger partial charge in [0.25, 0.3) is 0 Å². The summed E-state index contributed by atoms with van der Waals surface area (Å²) in [6.07, 6.45) is 1.67. The molecular weight excluding hydrogens is 196 g/mol. The Morgan fingerprint density at radius 3 is 2.87 bits per heavy atom. The van der Waals surface area contributed by atoms with E-state index in [1.165, 1.54) is 4.90 Å². The van der Waals surface area contributed by atoms with Crippen molar-refractivity contribution in [2.75, 3.05) is 26.8 Å². The molecule has 0 bridgehead atoms. The van der Waals surface area contributed by atoms with Crippen LogP contribution < -0.4 is 5.32 Å². The molecule has 1 heterocycles. The van der Waals surface area contributed by atoms with Crippen molar-refractivity contribution in [3.05, 3.63) is 0 Å². The van der Waals surface area contributed by atoms with Crippen LogP contribution in [0.5, 0.6) is 0 Å². The zero-order chi connectivity index (χ0) is 11.3. The van der Waals surface area contributed by atoms with E-state index < -0.39 is 0 Å². The molecule has 1 rings (SSSR count). The number of carbonyl (C=O) groups excluding carboxylic acids is 2. The minimum atomic E-state index is -0.245. The van der Waals surface area contributed by atoms with Crippen molar-refractivity contribution in [1.29, 1.82) is 0 Å². The first-order chi connectivity index (χ1) is 7.16. The van der Waals surface area contributed by atoms with Crippen molar-refractivity contribution in [3.63, 3.8) is 0 Å². The van der Waals surface area contributed by atoms with E-state index in [1.807, 2.05) is 0 Å². The van der Waals surface area contributed by atoms with Crippen LogP contribution in [0.1, 0.15) is 19.8 Å². The molecule has 0 aromatic heterocycles. The fraction of sp³-hybridized carbons (Fsp3) is 0.800. The van der Waals surface area contributed by atoms with E-state index in [4.69, 9.17) is 4.74 Å². The van der Waals surface area contributed by atoms with Crippen molar-refractivity contribution < 1.29 is 14.3 Å². The van der Waals surface area contributed by atoms with Crippen LogP contribution in [0.4, 0.5) is 0 Å². The van der Waals surface area contributed by atoms with Crippen LogP contribution in [0.15, 0.2) is 0 Å². The van der Waals surface area contributed by atoms with Crippen LogP contribution in [0.2, 0.25) is 0 Å². The molecule has 0 aromatic carbocycles. The number of hydrogen-bond donors (Lipinski definition) is 1. The van der Waals surface area contributed by atoms with E-state index in [1.54, 1.807) is 14.0 Å². The molecular formula is C10H18N2O3. The third-order valence-corrected chi connectivity index (χ3v) is 2.48. The van der Waals surface area contributed by atoms with Gasteiger partial charge in [0.1, 0.15) is 0 Å². The molecule has 1 fully saturated rings. The lowest BCUT2D eigenvalue weighted by molar-refractivity contribution is -0.148. The molecule has 0 aromatic rings. The maximum atomic E-state index is 11.6. The molecule has 86 valence electrons. The van der Waals surface area contributed by atoms with Gasteiger partial charge >= 0.3 is 0 Å². The first-order valence-corrected chi connectivity index (χ1v) is 5.23. The van der Waals surface area contributed by atoms with Gasteiger partial charge in [0, 0.05) is 20.3 Å². The fourth-order valence-electron chi connectivity index (χ4n) is 1.53. The zero-order valence-electron chi connectivity index (χ0n) is 9.28. The van der Waals surface area contributed by atoms with Gasteiger partial charge in [0.2, 0.25) is 11.8 Å². The standard InChI is InChI=1S/C10H18N2O3/c1-8-10(14)12(9(13)7-11-8)5-3-4-6-15-2/h8,11H,3-7H2,1-2H3. The van der Waals surface area contributed by atoms with Crippen LogP contribution >= 0.6 is 0 Å². The highest BCUT2D eigenvalue weighted by Gasteiger charge is 2.30. The fourth-order valence-corrected chi connectivity index (χ4v) is 1.53. The lowest BCUT2D eigenvalue weighted by Crippen LogP contribution is -2.57. The lowest BCUT2D eigenvalue weighted by atomic mass is 10.2. The summed E-state index contributed by atoms with van der Waals surface area (Å²) in [5, 5.41) is 2.85. The summed E-state index contributed by atoms with van der Waals surface area (Å²) in [5.41, 5.74) is 0. The van der Waals surface area contributed by atoms with Gasteiger partial charge in [-0.2, -0.15) is 0 Å². The second-order valence-electron chi connectivity index (χ2n) is 3.69. The largest absolute Gasteiger partial charge is 0.385 e. The summed E-state index contributed by atoms with van der Waals surface area (Å²) >= 11 is 0. The Balaban J connectivity index is 2.36. The first kappa shape index (κ1) is 12.1. The summed E-state index contributed by atoms with van der Waals surface area (Å²) in [5.74, 6) is -0.251. The van der Waals surface area contributed by atoms with Crippen LogP contribution in [0.25, 0.3) is 0 Å². The van der Waals surface area contributed by atoms with Crippen molar-refractivity contribution in [1.82, 2.24) is 10.2 Å². The number of unbranched alkanes of at least 4 members (excludes halogenated alkanes) is 1. The molecule has 1 unspecified atom stereocenters. The third-order valence-electron chi connectivity index (χ3n) is 2.48. The van der Waals surface area contributed by atoms with Crippen LogP contribution in [0, 0.1) is 0 Å². The Labute approximate surface area is 89.8 Å². The van der Waals surface area contributed by atoms with Gasteiger partial charge in [-0.25, -0.2) is 0 Å². The van der Waals surface area contributed by atoms with E-state index in [2.05, 4.69) is 5.32 Å². The lowest BCUT2D eigenvalue weighted by Gasteiger charge is -2.29. The molecule has 1 atom stereocenters. The number of hydrogen-bond acceptors (Lipinski definition) is 4. The van der Waals surface area contributed by atoms with E-state index in [0.717, 1.165) is 12.8 Å². The molecule has 2 amide bonds. The minimum absolute atomic E-state index is 0.122. The number of nitrogens with one attached hydrogen (secondary N) is 1. The SMILES string of the molecule is COCCCCN1C(=O)CNC(C)C1=O. The topological polar surface area (TPSA) is 58.6 Å². The van der Waals surface area contributed by atoms with Gasteiger partial charge in [0.15, 0.2) is 0 Å². The number of piperazine rings is 1. The van der Waals surface area contributed by atoms with E-state index in [9.17, 15) is 9.59 Å². The van der Waals surface area contributed by atoms with Crippen LogP contribution in [-0.2, 0) is 14.3 Å². The Morgan fingerprint density at radius 2 is 2.20 bits per heavy atom. The summed E-state index contributed by atoms with van der Waals surface area (Å²) in [6, 6.07) is -0.245. The summed E-state index contributed by atoms with van der Waals surface area (Å²) in [4.78, 5) is 24.4. The Morgan fingerprint density at radius 1 is 1.47 bits per heavy atom. The maximum absolute atomic E-state index is 11.6. The van der Waals surface area contributed by atoms with Gasteiger partial charge in [-0.05, 0) is 19.8 Å². The molecule has 1 aliphatic rings. The third kappa shape index (κ3) is 3.28. The highest BCUT2D eigenvalue weighted by atomic mass is 16.5. The molecule has 0 saturated carbocycles. The molecule has 1 N–H and O–H groups in total. The van der Waals surface area contributed by atoms with Crippen molar-refractivity contribution in [2.45, 2.75) is 25.8 Å². The molecule has 15 heavy (non-hydrogen) atoms. The number of methoxy groups -OCH3 is 1. The molecule has 5 heteroatoms. The van der Waals surface area contributed by atoms with Gasteiger partial charge in [-0.15, -0.1) is 0 Å². The Bertz CT molecular complexity index is 243. The average molecular weight is 214 g/mol. The monoisotopic (exact) mass is 214 g/mol. The number of imide groups is 1. The van der Waals surface area contributed by atoms with E-state index >= 15 is 0 Å². The Hall–Kier alpha value is -0.940. The first-order valence-electron chi connectivity index (χ1n) is 5.23. The van der Waals surface area contributed by atoms with E-state index in [0.29, 0.717) is 13.2 Å². The van der Waals surface area contributed by atoms with Crippen molar-refractivity contribution in [2.24, 2.45) is 0 Å². The molecule has 1 saturated heterocycles. The average Bonchev–Trinajstić information content (AvgIpc) is 2.23. The van der Waals surface area contributed by atoms with Gasteiger partial charge < -0.3 is 4.74 Å². The number of nitrogens with zero attached hydrogens (tertiary/aromatic N) is 1. The Kier molecular flexibility index (Phi) is 4.71. The van der Waals surface area contributed by atoms with Crippen molar-refractivity contribution >= 4 is 11.8 Å². The van der Waals surface area contributed by atoms with Crippen LogP contribution in [-0.4, -0.2) is 49.6 Å². The second-order valence-corrected chi connectivity index (χ2v) is 3.69. The summed E-state index contributed by atoms with van der Waals surface area (Å²) < 4.78 is 4.91. The predicted molar refractivity (Wildman–Crippen MR) is 55.3 cm³/mol. The molecule has 1 aliphatic heterocycles. The van der Waals surface area contributed by atoms with Gasteiger partial charge in [-0.3, -0.25) is 19.8 Å². The number of ether oxygens (including phenoxy) is 1. The molecule has 0 radical (unpaired) electrons. The summed E-state index contributed by atoms with van der Waals surface area (Å²) in [7, 11) is 1.64.